The zero-order chi connectivity index (χ0) is 20.4. The molecule has 1 aromatic carbocycles. The molecule has 3 aromatic rings. The molecule has 2 aromatic heterocycles. The van der Waals surface area contributed by atoms with Crippen molar-refractivity contribution in [2.24, 2.45) is 0 Å². The van der Waals surface area contributed by atoms with Gasteiger partial charge in [-0.05, 0) is 73.6 Å². The van der Waals surface area contributed by atoms with Crippen LogP contribution in [0.25, 0.3) is 6.08 Å². The van der Waals surface area contributed by atoms with E-state index in [1.807, 2.05) is 32.0 Å². The van der Waals surface area contributed by atoms with Gasteiger partial charge < -0.3 is 18.9 Å². The van der Waals surface area contributed by atoms with Crippen molar-refractivity contribution in [3.8, 4) is 5.75 Å². The number of rotatable bonds is 6. The first-order valence-corrected chi connectivity index (χ1v) is 9.55. The molecule has 0 aliphatic carbocycles. The van der Waals surface area contributed by atoms with Gasteiger partial charge in [-0.3, -0.25) is 9.69 Å². The number of hydrogen-bond donors (Lipinski definition) is 1. The van der Waals surface area contributed by atoms with Gasteiger partial charge in [0, 0.05) is 6.08 Å². The fourth-order valence-electron chi connectivity index (χ4n) is 3.14. The summed E-state index contributed by atoms with van der Waals surface area (Å²) in [7, 11) is 0. The summed E-state index contributed by atoms with van der Waals surface area (Å²) in [6, 6.07) is 13.2. The highest BCUT2D eigenvalue weighted by molar-refractivity contribution is 7.80. The number of benzene rings is 1. The Morgan fingerprint density at radius 2 is 1.93 bits per heavy atom. The van der Waals surface area contributed by atoms with Crippen LogP contribution in [0.3, 0.4) is 0 Å². The van der Waals surface area contributed by atoms with Crippen molar-refractivity contribution in [3.63, 3.8) is 0 Å². The minimum absolute atomic E-state index is 0.226. The smallest absolute Gasteiger partial charge is 0.277 e. The van der Waals surface area contributed by atoms with Crippen molar-refractivity contribution in [1.29, 1.82) is 0 Å². The number of amides is 1. The van der Waals surface area contributed by atoms with E-state index in [0.717, 1.165) is 16.9 Å². The molecule has 7 heteroatoms. The molecule has 1 N–H and O–H groups in total. The molecule has 6 nitrogen and oxygen atoms in total. The van der Waals surface area contributed by atoms with Crippen LogP contribution in [-0.2, 0) is 17.9 Å². The molecule has 0 atom stereocenters. The molecule has 1 saturated heterocycles. The highest BCUT2D eigenvalue weighted by atomic mass is 32.1. The molecule has 0 saturated carbocycles. The largest absolute Gasteiger partial charge is 0.486 e. The van der Waals surface area contributed by atoms with E-state index in [4.69, 9.17) is 25.8 Å². The van der Waals surface area contributed by atoms with Crippen molar-refractivity contribution in [2.45, 2.75) is 27.0 Å². The number of ether oxygens (including phenoxy) is 1. The van der Waals surface area contributed by atoms with Gasteiger partial charge in [0.2, 0.25) is 0 Å². The summed E-state index contributed by atoms with van der Waals surface area (Å²) < 4.78 is 16.9. The minimum Gasteiger partial charge on any atom is -0.486 e. The third-order valence-corrected chi connectivity index (χ3v) is 4.72. The number of carbonyl (C=O) groups is 1. The molecular weight excluding hydrogens is 388 g/mol. The maximum absolute atomic E-state index is 12.6. The molecule has 0 bridgehead atoms. The van der Waals surface area contributed by atoms with Crippen LogP contribution < -0.4 is 10.1 Å². The van der Waals surface area contributed by atoms with Crippen molar-refractivity contribution in [2.75, 3.05) is 0 Å². The van der Waals surface area contributed by atoms with E-state index in [0.29, 0.717) is 34.7 Å². The Morgan fingerprint density at radius 3 is 2.66 bits per heavy atom. The van der Waals surface area contributed by atoms with Gasteiger partial charge in [-0.25, -0.2) is 0 Å². The number of furan rings is 2. The zero-order valence-corrected chi connectivity index (χ0v) is 16.9. The standard InChI is InChI=1S/C22H20N2O4S/c1-14-8-15(2)10-19(9-14)27-13-18-6-5-16(28-18)11-20-21(25)24(22(29)23-20)12-17-4-3-7-26-17/h3-11H,12-13H2,1-2H3,(H,23,29)/b20-11+. The molecule has 0 radical (unpaired) electrons. The van der Waals surface area contributed by atoms with Crippen LogP contribution in [-0.4, -0.2) is 15.9 Å². The Balaban J connectivity index is 1.42. The van der Waals surface area contributed by atoms with Gasteiger partial charge in [0.25, 0.3) is 5.91 Å². The van der Waals surface area contributed by atoms with E-state index in [9.17, 15) is 4.79 Å². The lowest BCUT2D eigenvalue weighted by Gasteiger charge is -2.11. The van der Waals surface area contributed by atoms with Gasteiger partial charge in [0.05, 0.1) is 12.8 Å². The molecular formula is C22H20N2O4S. The minimum atomic E-state index is -0.226. The van der Waals surface area contributed by atoms with Crippen LogP contribution in [0.2, 0.25) is 0 Å². The Morgan fingerprint density at radius 1 is 1.14 bits per heavy atom. The van der Waals surface area contributed by atoms with Gasteiger partial charge >= 0.3 is 0 Å². The van der Waals surface area contributed by atoms with Crippen LogP contribution in [0.5, 0.6) is 5.75 Å². The molecule has 4 rings (SSSR count). The fourth-order valence-corrected chi connectivity index (χ4v) is 3.39. The van der Waals surface area contributed by atoms with Crippen molar-refractivity contribution in [1.82, 2.24) is 10.2 Å². The van der Waals surface area contributed by atoms with Gasteiger partial charge in [0.15, 0.2) is 5.11 Å². The average Bonchev–Trinajstić information content (AvgIpc) is 3.39. The average molecular weight is 408 g/mol. The van der Waals surface area contributed by atoms with E-state index in [2.05, 4.69) is 11.4 Å². The molecule has 1 aliphatic rings. The highest BCUT2D eigenvalue weighted by Gasteiger charge is 2.31. The second-order valence-corrected chi connectivity index (χ2v) is 7.26. The molecule has 1 fully saturated rings. The van der Waals surface area contributed by atoms with Crippen LogP contribution in [0.15, 0.2) is 63.3 Å². The maximum Gasteiger partial charge on any atom is 0.277 e. The maximum atomic E-state index is 12.6. The number of nitrogens with one attached hydrogen (secondary N) is 1. The molecule has 0 unspecified atom stereocenters. The normalized spacial score (nSPS) is 15.2. The number of hydrogen-bond acceptors (Lipinski definition) is 5. The number of nitrogens with zero attached hydrogens (tertiary/aromatic N) is 1. The first-order chi connectivity index (χ1) is 14.0. The van der Waals surface area contributed by atoms with Gasteiger partial charge in [0.1, 0.15) is 35.3 Å². The number of aryl methyl sites for hydroxylation is 2. The molecule has 148 valence electrons. The molecule has 1 amide bonds. The highest BCUT2D eigenvalue weighted by Crippen LogP contribution is 2.21. The lowest BCUT2D eigenvalue weighted by molar-refractivity contribution is -0.122. The molecule has 1 aliphatic heterocycles. The lowest BCUT2D eigenvalue weighted by Crippen LogP contribution is -2.29. The third-order valence-electron chi connectivity index (χ3n) is 4.40. The Labute approximate surface area is 173 Å². The molecule has 29 heavy (non-hydrogen) atoms. The van der Waals surface area contributed by atoms with Gasteiger partial charge in [-0.15, -0.1) is 0 Å². The topological polar surface area (TPSA) is 67.8 Å². The van der Waals surface area contributed by atoms with E-state index in [1.54, 1.807) is 30.5 Å². The Bertz CT molecular complexity index is 1060. The third kappa shape index (κ3) is 4.41. The monoisotopic (exact) mass is 408 g/mol. The second kappa shape index (κ2) is 7.97. The van der Waals surface area contributed by atoms with Crippen LogP contribution in [0.4, 0.5) is 0 Å². The van der Waals surface area contributed by atoms with Gasteiger partial charge in [-0.2, -0.15) is 0 Å². The second-order valence-electron chi connectivity index (χ2n) is 6.87. The van der Waals surface area contributed by atoms with Gasteiger partial charge in [-0.1, -0.05) is 6.07 Å². The van der Waals surface area contributed by atoms with Crippen molar-refractivity contribution < 1.29 is 18.4 Å². The van der Waals surface area contributed by atoms with E-state index in [1.165, 1.54) is 4.90 Å². The first-order valence-electron chi connectivity index (χ1n) is 9.15. The molecule has 3 heterocycles. The summed E-state index contributed by atoms with van der Waals surface area (Å²) in [5.74, 6) is 2.44. The number of carbonyl (C=O) groups excluding carboxylic acids is 1. The zero-order valence-electron chi connectivity index (χ0n) is 16.1. The SMILES string of the molecule is Cc1cc(C)cc(OCc2ccc(/C=C3/NC(=S)N(Cc4ccco4)C3=O)o2)c1. The van der Waals surface area contributed by atoms with Crippen LogP contribution >= 0.6 is 12.2 Å². The summed E-state index contributed by atoms with van der Waals surface area (Å²) in [6.07, 6.45) is 3.20. The summed E-state index contributed by atoms with van der Waals surface area (Å²) in [5.41, 5.74) is 2.65. The first kappa shape index (κ1) is 19.0. The van der Waals surface area contributed by atoms with Crippen LogP contribution in [0.1, 0.15) is 28.4 Å². The quantitative estimate of drug-likeness (QED) is 0.484. The van der Waals surface area contributed by atoms with Crippen LogP contribution in [0, 0.1) is 13.8 Å². The summed E-state index contributed by atoms with van der Waals surface area (Å²) >= 11 is 5.27. The lowest BCUT2D eigenvalue weighted by atomic mass is 10.1. The predicted molar refractivity (Wildman–Crippen MR) is 112 cm³/mol. The number of thiocarbonyl (C=S) groups is 1. The molecule has 0 spiro atoms. The Kier molecular flexibility index (Phi) is 5.22. The predicted octanol–water partition coefficient (Wildman–Crippen LogP) is 4.33. The van der Waals surface area contributed by atoms with E-state index in [-0.39, 0.29) is 12.5 Å². The van der Waals surface area contributed by atoms with Crippen molar-refractivity contribution >= 4 is 29.3 Å². The van der Waals surface area contributed by atoms with E-state index >= 15 is 0 Å². The fraction of sp³-hybridized carbons (Fsp3) is 0.182. The summed E-state index contributed by atoms with van der Waals surface area (Å²) in [4.78, 5) is 14.1. The summed E-state index contributed by atoms with van der Waals surface area (Å²) in [5, 5.41) is 3.27. The van der Waals surface area contributed by atoms with Crippen molar-refractivity contribution in [3.05, 3.63) is 82.8 Å². The van der Waals surface area contributed by atoms with E-state index < -0.39 is 0 Å². The summed E-state index contributed by atoms with van der Waals surface area (Å²) in [6.45, 7) is 4.64. The Hall–Kier alpha value is -3.32.